The van der Waals surface area contributed by atoms with Crippen molar-refractivity contribution >= 4 is 0 Å². The summed E-state index contributed by atoms with van der Waals surface area (Å²) in [6, 6.07) is 3.93. The summed E-state index contributed by atoms with van der Waals surface area (Å²) < 4.78 is 8.25. The number of ether oxygens (including phenoxy) is 1. The van der Waals surface area contributed by atoms with Gasteiger partial charge < -0.3 is 10.1 Å². The van der Waals surface area contributed by atoms with Gasteiger partial charge in [-0.1, -0.05) is 0 Å². The predicted molar refractivity (Wildman–Crippen MR) is 70.8 cm³/mol. The van der Waals surface area contributed by atoms with Crippen LogP contribution in [0.15, 0.2) is 24.5 Å². The van der Waals surface area contributed by atoms with Crippen LogP contribution >= 0.6 is 0 Å². The quantitative estimate of drug-likeness (QED) is 0.775. The van der Waals surface area contributed by atoms with Crippen molar-refractivity contribution in [3.63, 3.8) is 0 Å². The van der Waals surface area contributed by atoms with E-state index in [0.717, 1.165) is 43.1 Å². The number of rotatable bonds is 0. The summed E-state index contributed by atoms with van der Waals surface area (Å²) in [6.07, 6.45) is 5.69. The molecule has 5 nitrogen and oxygen atoms in total. The van der Waals surface area contributed by atoms with Gasteiger partial charge in [-0.05, 0) is 25.2 Å². The highest BCUT2D eigenvalue weighted by molar-refractivity contribution is 5.69. The largest absolute Gasteiger partial charge is 0.480 e. The van der Waals surface area contributed by atoms with Crippen LogP contribution in [0.2, 0.25) is 0 Å². The molecule has 1 fully saturated rings. The fourth-order valence-corrected chi connectivity index (χ4v) is 3.17. The van der Waals surface area contributed by atoms with Gasteiger partial charge in [0, 0.05) is 31.6 Å². The Morgan fingerprint density at radius 3 is 3.05 bits per heavy atom. The lowest BCUT2D eigenvalue weighted by Crippen LogP contribution is -2.45. The number of pyridine rings is 1. The molecule has 0 saturated carbocycles. The second-order valence-electron chi connectivity index (χ2n) is 5.23. The monoisotopic (exact) mass is 256 g/mol. The van der Waals surface area contributed by atoms with E-state index in [1.165, 1.54) is 5.56 Å². The summed E-state index contributed by atoms with van der Waals surface area (Å²) in [6.45, 7) is 1.95. The number of aromatic nitrogens is 3. The normalized spacial score (nSPS) is 19.6. The molecule has 1 spiro atoms. The van der Waals surface area contributed by atoms with E-state index in [1.807, 2.05) is 30.1 Å². The number of nitrogens with zero attached hydrogens (tertiary/aromatic N) is 3. The third-order valence-electron chi connectivity index (χ3n) is 4.14. The molecule has 0 bridgehead atoms. The van der Waals surface area contributed by atoms with Crippen LogP contribution in [0.3, 0.4) is 0 Å². The lowest BCUT2D eigenvalue weighted by Gasteiger charge is -2.41. The fraction of sp³-hybridized carbons (Fsp3) is 0.429. The third-order valence-corrected chi connectivity index (χ3v) is 4.14. The van der Waals surface area contributed by atoms with E-state index in [9.17, 15) is 0 Å². The maximum atomic E-state index is 6.34. The second-order valence-corrected chi connectivity index (χ2v) is 5.23. The minimum absolute atomic E-state index is 0.231. The highest BCUT2D eigenvalue weighted by atomic mass is 16.5. The number of fused-ring (bicyclic) bond motifs is 4. The topological polar surface area (TPSA) is 52.0 Å². The molecule has 4 heterocycles. The van der Waals surface area contributed by atoms with Gasteiger partial charge in [0.15, 0.2) is 0 Å². The van der Waals surface area contributed by atoms with Crippen LogP contribution in [0.4, 0.5) is 0 Å². The summed E-state index contributed by atoms with van der Waals surface area (Å²) in [5.41, 5.74) is 2.96. The standard InChI is InChI=1S/C14H16N4O/c1-18-13-10(9-17-18)14(4-7-15-8-5-14)19-11-3-2-6-16-12(11)13/h2-3,6,9,15H,4-5,7-8H2,1H3. The smallest absolute Gasteiger partial charge is 0.148 e. The first-order valence-corrected chi connectivity index (χ1v) is 6.68. The van der Waals surface area contributed by atoms with Crippen molar-refractivity contribution in [3.05, 3.63) is 30.1 Å². The maximum Gasteiger partial charge on any atom is 0.148 e. The first kappa shape index (κ1) is 11.0. The van der Waals surface area contributed by atoms with Gasteiger partial charge in [-0.3, -0.25) is 9.67 Å². The molecule has 0 aliphatic carbocycles. The van der Waals surface area contributed by atoms with Gasteiger partial charge in [0.25, 0.3) is 0 Å². The van der Waals surface area contributed by atoms with Gasteiger partial charge in [0.2, 0.25) is 0 Å². The Bertz CT molecular complexity index is 628. The Kier molecular flexibility index (Phi) is 2.20. The molecule has 0 aromatic carbocycles. The summed E-state index contributed by atoms with van der Waals surface area (Å²) in [7, 11) is 1.97. The second kappa shape index (κ2) is 3.81. The summed E-state index contributed by atoms with van der Waals surface area (Å²) in [4.78, 5) is 4.47. The highest BCUT2D eigenvalue weighted by Gasteiger charge is 2.44. The van der Waals surface area contributed by atoms with Gasteiger partial charge >= 0.3 is 0 Å². The minimum Gasteiger partial charge on any atom is -0.480 e. The van der Waals surface area contributed by atoms with E-state index in [1.54, 1.807) is 6.20 Å². The molecule has 2 aromatic heterocycles. The average Bonchev–Trinajstić information content (AvgIpc) is 2.84. The number of aryl methyl sites for hydroxylation is 1. The summed E-state index contributed by atoms with van der Waals surface area (Å²) in [5.74, 6) is 0.875. The molecule has 0 unspecified atom stereocenters. The Hall–Kier alpha value is -1.88. The van der Waals surface area contributed by atoms with Gasteiger partial charge in [-0.15, -0.1) is 0 Å². The number of hydrogen-bond acceptors (Lipinski definition) is 4. The molecule has 2 aliphatic heterocycles. The van der Waals surface area contributed by atoms with Crippen LogP contribution < -0.4 is 10.1 Å². The fourth-order valence-electron chi connectivity index (χ4n) is 3.17. The summed E-state index contributed by atoms with van der Waals surface area (Å²) >= 11 is 0. The molecule has 1 saturated heterocycles. The van der Waals surface area contributed by atoms with Gasteiger partial charge in [0.1, 0.15) is 17.0 Å². The first-order chi connectivity index (χ1) is 9.30. The molecule has 2 aliphatic rings. The van der Waals surface area contributed by atoms with Gasteiger partial charge in [-0.25, -0.2) is 0 Å². The highest BCUT2D eigenvalue weighted by Crippen LogP contribution is 2.47. The van der Waals surface area contributed by atoms with Crippen LogP contribution in [0.25, 0.3) is 11.4 Å². The maximum absolute atomic E-state index is 6.34. The molecule has 4 rings (SSSR count). The molecule has 0 amide bonds. The first-order valence-electron chi connectivity index (χ1n) is 6.68. The third kappa shape index (κ3) is 1.45. The molecular weight excluding hydrogens is 240 g/mol. The molecule has 2 aromatic rings. The number of piperidine rings is 1. The van der Waals surface area contributed by atoms with E-state index >= 15 is 0 Å². The average molecular weight is 256 g/mol. The molecule has 19 heavy (non-hydrogen) atoms. The summed E-state index contributed by atoms with van der Waals surface area (Å²) in [5, 5.41) is 7.82. The van der Waals surface area contributed by atoms with E-state index in [-0.39, 0.29) is 5.60 Å². The lowest BCUT2D eigenvalue weighted by molar-refractivity contribution is 0.0301. The van der Waals surface area contributed by atoms with Crippen LogP contribution in [-0.2, 0) is 12.6 Å². The van der Waals surface area contributed by atoms with Crippen LogP contribution in [0.1, 0.15) is 18.4 Å². The van der Waals surface area contributed by atoms with Crippen molar-refractivity contribution in [2.24, 2.45) is 7.05 Å². The number of hydrogen-bond donors (Lipinski definition) is 1. The van der Waals surface area contributed by atoms with Gasteiger partial charge in [0.05, 0.1) is 11.9 Å². The zero-order valence-electron chi connectivity index (χ0n) is 10.9. The predicted octanol–water partition coefficient (Wildman–Crippen LogP) is 1.45. The zero-order valence-corrected chi connectivity index (χ0v) is 10.9. The Balaban J connectivity index is 1.96. The Labute approximate surface area is 111 Å². The molecule has 0 atom stereocenters. The molecular formula is C14H16N4O. The van der Waals surface area contributed by atoms with Crippen molar-refractivity contribution in [1.82, 2.24) is 20.1 Å². The van der Waals surface area contributed by atoms with Crippen LogP contribution in [-0.4, -0.2) is 27.9 Å². The van der Waals surface area contributed by atoms with Crippen molar-refractivity contribution in [2.45, 2.75) is 18.4 Å². The van der Waals surface area contributed by atoms with Gasteiger partial charge in [-0.2, -0.15) is 5.10 Å². The number of nitrogens with one attached hydrogen (secondary N) is 1. The molecule has 1 N–H and O–H groups in total. The minimum atomic E-state index is -0.231. The van der Waals surface area contributed by atoms with Crippen LogP contribution in [0.5, 0.6) is 5.75 Å². The van der Waals surface area contributed by atoms with E-state index in [0.29, 0.717) is 0 Å². The Morgan fingerprint density at radius 2 is 2.21 bits per heavy atom. The zero-order chi connectivity index (χ0) is 12.9. The van der Waals surface area contributed by atoms with E-state index in [4.69, 9.17) is 4.74 Å². The van der Waals surface area contributed by atoms with E-state index in [2.05, 4.69) is 15.4 Å². The van der Waals surface area contributed by atoms with Crippen molar-refractivity contribution in [2.75, 3.05) is 13.1 Å². The van der Waals surface area contributed by atoms with Crippen molar-refractivity contribution in [1.29, 1.82) is 0 Å². The SMILES string of the molecule is Cn1ncc2c1-c1ncccc1OC21CCNCC1. The van der Waals surface area contributed by atoms with Crippen molar-refractivity contribution in [3.8, 4) is 17.1 Å². The van der Waals surface area contributed by atoms with Crippen LogP contribution in [0, 0.1) is 0 Å². The van der Waals surface area contributed by atoms with E-state index < -0.39 is 0 Å². The van der Waals surface area contributed by atoms with Crippen molar-refractivity contribution < 1.29 is 4.74 Å². The molecule has 5 heteroatoms. The molecule has 98 valence electrons. The lowest BCUT2D eigenvalue weighted by atomic mass is 9.82. The molecule has 0 radical (unpaired) electrons. The Morgan fingerprint density at radius 1 is 1.37 bits per heavy atom.